The normalized spacial score (nSPS) is 10.0. The second kappa shape index (κ2) is 7.53. The molecule has 1 aromatic rings. The molecule has 1 N–H and O–H groups in total. The van der Waals surface area contributed by atoms with Crippen LogP contribution in [0.1, 0.15) is 30.9 Å². The Balaban J connectivity index is 2.70. The van der Waals surface area contributed by atoms with Crippen molar-refractivity contribution in [3.8, 4) is 5.75 Å². The highest BCUT2D eigenvalue weighted by molar-refractivity contribution is 5.93. The zero-order valence-electron chi connectivity index (χ0n) is 12.4. The molecule has 0 saturated carbocycles. The molecule has 110 valence electrons. The van der Waals surface area contributed by atoms with Crippen molar-refractivity contribution < 1.29 is 19.1 Å². The molecule has 0 radical (unpaired) electrons. The number of aryl methyl sites for hydroxylation is 2. The molecule has 0 fully saturated rings. The first-order valence-electron chi connectivity index (χ1n) is 6.58. The zero-order valence-corrected chi connectivity index (χ0v) is 12.4. The molecule has 0 aliphatic rings. The van der Waals surface area contributed by atoms with E-state index in [2.05, 4.69) is 10.1 Å². The topological polar surface area (TPSA) is 64.6 Å². The van der Waals surface area contributed by atoms with E-state index in [4.69, 9.17) is 4.74 Å². The monoisotopic (exact) mass is 279 g/mol. The molecule has 1 amide bonds. The predicted molar refractivity (Wildman–Crippen MR) is 77.0 cm³/mol. The third-order valence-corrected chi connectivity index (χ3v) is 2.88. The van der Waals surface area contributed by atoms with Gasteiger partial charge in [0.1, 0.15) is 5.75 Å². The van der Waals surface area contributed by atoms with Crippen LogP contribution in [0.5, 0.6) is 5.75 Å². The van der Waals surface area contributed by atoms with Crippen LogP contribution in [0.15, 0.2) is 12.1 Å². The number of anilines is 1. The number of amides is 1. The maximum absolute atomic E-state index is 11.8. The van der Waals surface area contributed by atoms with Gasteiger partial charge in [0.25, 0.3) is 0 Å². The van der Waals surface area contributed by atoms with E-state index in [0.29, 0.717) is 6.61 Å². The Morgan fingerprint density at radius 2 is 1.85 bits per heavy atom. The van der Waals surface area contributed by atoms with Gasteiger partial charge in [-0.1, -0.05) is 0 Å². The molecule has 5 heteroatoms. The minimum Gasteiger partial charge on any atom is -0.494 e. The Kier molecular flexibility index (Phi) is 6.03. The summed E-state index contributed by atoms with van der Waals surface area (Å²) in [6.45, 7) is 6.36. The smallest absolute Gasteiger partial charge is 0.306 e. The first-order valence-corrected chi connectivity index (χ1v) is 6.58. The summed E-state index contributed by atoms with van der Waals surface area (Å²) in [5, 5.41) is 2.80. The first-order chi connectivity index (χ1) is 9.47. The average Bonchev–Trinajstić information content (AvgIpc) is 2.41. The number of hydrogen-bond donors (Lipinski definition) is 1. The van der Waals surface area contributed by atoms with Crippen LogP contribution in [-0.2, 0) is 14.3 Å². The van der Waals surface area contributed by atoms with Crippen LogP contribution in [0.25, 0.3) is 0 Å². The number of carbonyl (C=O) groups is 2. The van der Waals surface area contributed by atoms with E-state index < -0.39 is 0 Å². The lowest BCUT2D eigenvalue weighted by atomic mass is 10.1. The van der Waals surface area contributed by atoms with Crippen LogP contribution in [0.3, 0.4) is 0 Å². The van der Waals surface area contributed by atoms with Gasteiger partial charge in [-0.2, -0.15) is 0 Å². The predicted octanol–water partition coefficient (Wildman–Crippen LogP) is 2.59. The van der Waals surface area contributed by atoms with Crippen LogP contribution in [0.4, 0.5) is 5.69 Å². The van der Waals surface area contributed by atoms with Crippen molar-refractivity contribution in [2.45, 2.75) is 33.6 Å². The van der Waals surface area contributed by atoms with Gasteiger partial charge in [0.05, 0.1) is 20.1 Å². The van der Waals surface area contributed by atoms with Crippen molar-refractivity contribution in [2.24, 2.45) is 0 Å². The summed E-state index contributed by atoms with van der Waals surface area (Å²) in [5.41, 5.74) is 2.62. The number of ether oxygens (including phenoxy) is 2. The molecule has 0 aliphatic carbocycles. The molecule has 0 bridgehead atoms. The van der Waals surface area contributed by atoms with Crippen LogP contribution in [0.2, 0.25) is 0 Å². The summed E-state index contributed by atoms with van der Waals surface area (Å²) < 4.78 is 10.00. The second-order valence-corrected chi connectivity index (χ2v) is 4.49. The maximum Gasteiger partial charge on any atom is 0.306 e. The Morgan fingerprint density at radius 3 is 2.45 bits per heavy atom. The molecule has 1 aromatic carbocycles. The van der Waals surface area contributed by atoms with Crippen molar-refractivity contribution in [1.82, 2.24) is 0 Å². The van der Waals surface area contributed by atoms with Gasteiger partial charge in [-0.3, -0.25) is 9.59 Å². The van der Waals surface area contributed by atoms with Crippen molar-refractivity contribution in [3.05, 3.63) is 23.3 Å². The molecule has 0 aromatic heterocycles. The highest BCUT2D eigenvalue weighted by Crippen LogP contribution is 2.26. The fourth-order valence-corrected chi connectivity index (χ4v) is 1.77. The van der Waals surface area contributed by atoms with Gasteiger partial charge in [0, 0.05) is 12.1 Å². The molecule has 0 unspecified atom stereocenters. The highest BCUT2D eigenvalue weighted by atomic mass is 16.5. The summed E-state index contributed by atoms with van der Waals surface area (Å²) in [7, 11) is 1.31. The largest absolute Gasteiger partial charge is 0.494 e. The molecule has 0 saturated heterocycles. The molecule has 20 heavy (non-hydrogen) atoms. The van der Waals surface area contributed by atoms with Crippen molar-refractivity contribution in [1.29, 1.82) is 0 Å². The summed E-state index contributed by atoms with van der Waals surface area (Å²) in [6.07, 6.45) is 0.190. The Morgan fingerprint density at radius 1 is 1.15 bits per heavy atom. The van der Waals surface area contributed by atoms with E-state index in [-0.39, 0.29) is 24.7 Å². The summed E-state index contributed by atoms with van der Waals surface area (Å²) in [4.78, 5) is 22.7. The lowest BCUT2D eigenvalue weighted by Gasteiger charge is -2.13. The first kappa shape index (κ1) is 16.0. The summed E-state index contributed by atoms with van der Waals surface area (Å²) in [6, 6.07) is 3.77. The van der Waals surface area contributed by atoms with E-state index in [1.54, 1.807) is 0 Å². The number of rotatable bonds is 6. The zero-order chi connectivity index (χ0) is 15.1. The van der Waals surface area contributed by atoms with E-state index in [1.807, 2.05) is 32.9 Å². The number of benzene rings is 1. The van der Waals surface area contributed by atoms with Crippen molar-refractivity contribution in [2.75, 3.05) is 19.0 Å². The fourth-order valence-electron chi connectivity index (χ4n) is 1.77. The third-order valence-electron chi connectivity index (χ3n) is 2.88. The fraction of sp³-hybridized carbons (Fsp3) is 0.467. The number of methoxy groups -OCH3 is 1. The Bertz CT molecular complexity index is 497. The van der Waals surface area contributed by atoms with Crippen LogP contribution < -0.4 is 10.1 Å². The van der Waals surface area contributed by atoms with Crippen LogP contribution >= 0.6 is 0 Å². The minimum absolute atomic E-state index is 0.0807. The highest BCUT2D eigenvalue weighted by Gasteiger charge is 2.10. The molecule has 1 rings (SSSR count). The summed E-state index contributed by atoms with van der Waals surface area (Å²) in [5.74, 6) is 0.222. The second-order valence-electron chi connectivity index (χ2n) is 4.49. The molecule has 5 nitrogen and oxygen atoms in total. The average molecular weight is 279 g/mol. The number of nitrogens with one attached hydrogen (secondary N) is 1. The van der Waals surface area contributed by atoms with Crippen molar-refractivity contribution in [3.63, 3.8) is 0 Å². The quantitative estimate of drug-likeness (QED) is 0.813. The molecule has 0 atom stereocenters. The van der Waals surface area contributed by atoms with Gasteiger partial charge in [-0.25, -0.2) is 0 Å². The SMILES string of the molecule is CCOc1cc(C)c(NC(=O)CCC(=O)OC)cc1C. The molecule has 0 spiro atoms. The van der Waals surface area contributed by atoms with E-state index >= 15 is 0 Å². The third kappa shape index (κ3) is 4.57. The van der Waals surface area contributed by atoms with Gasteiger partial charge in [-0.05, 0) is 44.0 Å². The molecule has 0 heterocycles. The van der Waals surface area contributed by atoms with Gasteiger partial charge in [0.2, 0.25) is 5.91 Å². The standard InChI is InChI=1S/C15H21NO4/c1-5-20-13-9-10(2)12(8-11(13)3)16-14(17)6-7-15(18)19-4/h8-9H,5-7H2,1-4H3,(H,16,17). The molecular formula is C15H21NO4. The van der Waals surface area contributed by atoms with Crippen LogP contribution in [0, 0.1) is 13.8 Å². The van der Waals surface area contributed by atoms with E-state index in [1.165, 1.54) is 7.11 Å². The number of hydrogen-bond acceptors (Lipinski definition) is 4. The lowest BCUT2D eigenvalue weighted by molar-refractivity contribution is -0.141. The molecular weight excluding hydrogens is 258 g/mol. The van der Waals surface area contributed by atoms with Gasteiger partial charge in [-0.15, -0.1) is 0 Å². The van der Waals surface area contributed by atoms with Gasteiger partial charge < -0.3 is 14.8 Å². The van der Waals surface area contributed by atoms with Gasteiger partial charge >= 0.3 is 5.97 Å². The summed E-state index contributed by atoms with van der Waals surface area (Å²) >= 11 is 0. The van der Waals surface area contributed by atoms with E-state index in [0.717, 1.165) is 22.6 Å². The van der Waals surface area contributed by atoms with Gasteiger partial charge in [0.15, 0.2) is 0 Å². The Labute approximate surface area is 119 Å². The van der Waals surface area contributed by atoms with E-state index in [9.17, 15) is 9.59 Å². The van der Waals surface area contributed by atoms with Crippen molar-refractivity contribution >= 4 is 17.6 Å². The number of carbonyl (C=O) groups excluding carboxylic acids is 2. The Hall–Kier alpha value is -2.04. The molecule has 0 aliphatic heterocycles. The maximum atomic E-state index is 11.8. The van der Waals surface area contributed by atoms with Crippen LogP contribution in [-0.4, -0.2) is 25.6 Å². The lowest BCUT2D eigenvalue weighted by Crippen LogP contribution is -2.15. The minimum atomic E-state index is -0.389. The number of esters is 1.